The predicted molar refractivity (Wildman–Crippen MR) is 65.5 cm³/mol. The van der Waals surface area contributed by atoms with E-state index >= 15 is 0 Å². The largest absolute Gasteiger partial charge is 0.324 e. The minimum atomic E-state index is -3.44. The Hall–Kier alpha value is 0.0500. The van der Waals surface area contributed by atoms with Gasteiger partial charge >= 0.3 is 0 Å². The Kier molecular flexibility index (Phi) is 3.94. The number of hydrogen-bond donors (Lipinski definition) is 2. The van der Waals surface area contributed by atoms with Gasteiger partial charge in [0.05, 0.1) is 0 Å². The fourth-order valence-electron chi connectivity index (χ4n) is 0.818. The number of thiophene rings is 1. The summed E-state index contributed by atoms with van der Waals surface area (Å²) in [5.41, 5.74) is 5.14. The zero-order valence-corrected chi connectivity index (χ0v) is 11.7. The number of hydrogen-bond acceptors (Lipinski definition) is 4. The topological polar surface area (TPSA) is 72.2 Å². The Balaban J connectivity index is 2.82. The molecule has 0 saturated heterocycles. The van der Waals surface area contributed by atoms with E-state index < -0.39 is 15.6 Å². The van der Waals surface area contributed by atoms with Gasteiger partial charge in [-0.2, -0.15) is 0 Å². The van der Waals surface area contributed by atoms with Crippen molar-refractivity contribution in [2.75, 3.05) is 6.54 Å². The molecule has 4 nitrogen and oxygen atoms in total. The summed E-state index contributed by atoms with van der Waals surface area (Å²) in [5, 5.41) is 1.71. The molecule has 1 aromatic rings. The smallest absolute Gasteiger partial charge is 0.251 e. The quantitative estimate of drug-likeness (QED) is 0.885. The first-order chi connectivity index (χ1) is 6.72. The van der Waals surface area contributed by atoms with Gasteiger partial charge in [0.2, 0.25) is 0 Å². The number of sulfonamides is 1. The van der Waals surface area contributed by atoms with Crippen molar-refractivity contribution in [3.63, 3.8) is 0 Å². The SMILES string of the molecule is CC(C)(N)CNS(=O)(=O)c1sccc1Br. The molecular weight excluding hydrogens is 300 g/mol. The van der Waals surface area contributed by atoms with E-state index in [-0.39, 0.29) is 10.8 Å². The molecule has 0 aliphatic heterocycles. The molecule has 0 fully saturated rings. The molecule has 0 radical (unpaired) electrons. The lowest BCUT2D eigenvalue weighted by Gasteiger charge is -2.18. The molecule has 3 N–H and O–H groups in total. The van der Waals surface area contributed by atoms with Gasteiger partial charge in [0.25, 0.3) is 10.0 Å². The first kappa shape index (κ1) is 13.1. The van der Waals surface area contributed by atoms with Gasteiger partial charge in [-0.05, 0) is 41.2 Å². The zero-order chi connectivity index (χ0) is 11.7. The van der Waals surface area contributed by atoms with Crippen LogP contribution in [0.3, 0.4) is 0 Å². The second-order valence-corrected chi connectivity index (χ2v) is 7.60. The Morgan fingerprint density at radius 1 is 1.60 bits per heavy atom. The van der Waals surface area contributed by atoms with Crippen LogP contribution in [0.15, 0.2) is 20.1 Å². The lowest BCUT2D eigenvalue weighted by molar-refractivity contribution is 0.498. The monoisotopic (exact) mass is 312 g/mol. The van der Waals surface area contributed by atoms with E-state index in [4.69, 9.17) is 5.73 Å². The highest BCUT2D eigenvalue weighted by molar-refractivity contribution is 9.10. The molecule has 1 heterocycles. The van der Waals surface area contributed by atoms with Gasteiger partial charge < -0.3 is 5.73 Å². The van der Waals surface area contributed by atoms with Crippen LogP contribution < -0.4 is 10.5 Å². The minimum absolute atomic E-state index is 0.208. The maximum Gasteiger partial charge on any atom is 0.251 e. The van der Waals surface area contributed by atoms with Gasteiger partial charge in [-0.25, -0.2) is 13.1 Å². The van der Waals surface area contributed by atoms with Crippen molar-refractivity contribution in [1.82, 2.24) is 4.72 Å². The molecule has 0 unspecified atom stereocenters. The molecular formula is C8H13BrN2O2S2. The maximum absolute atomic E-state index is 11.8. The fourth-order valence-corrected chi connectivity index (χ4v) is 4.42. The summed E-state index contributed by atoms with van der Waals surface area (Å²) in [5.74, 6) is 0. The molecule has 15 heavy (non-hydrogen) atoms. The van der Waals surface area contributed by atoms with E-state index in [1.165, 1.54) is 11.3 Å². The van der Waals surface area contributed by atoms with Crippen LogP contribution in [0.5, 0.6) is 0 Å². The first-order valence-electron chi connectivity index (χ1n) is 4.24. The molecule has 0 aliphatic carbocycles. The third-order valence-corrected chi connectivity index (χ3v) is 5.62. The van der Waals surface area contributed by atoms with Crippen molar-refractivity contribution >= 4 is 37.3 Å². The molecule has 0 atom stereocenters. The second kappa shape index (κ2) is 4.50. The van der Waals surface area contributed by atoms with E-state index in [0.717, 1.165) is 0 Å². The van der Waals surface area contributed by atoms with E-state index in [0.29, 0.717) is 4.47 Å². The van der Waals surface area contributed by atoms with E-state index in [1.54, 1.807) is 25.3 Å². The van der Waals surface area contributed by atoms with Gasteiger partial charge in [0, 0.05) is 16.6 Å². The standard InChI is InChI=1S/C8H13BrN2O2S2/c1-8(2,10)5-11-15(12,13)7-6(9)3-4-14-7/h3-4,11H,5,10H2,1-2H3. The molecule has 0 aliphatic rings. The molecule has 7 heteroatoms. The van der Waals surface area contributed by atoms with Gasteiger partial charge in [-0.15, -0.1) is 11.3 Å². The molecule has 0 aromatic carbocycles. The highest BCUT2D eigenvalue weighted by Gasteiger charge is 2.21. The zero-order valence-electron chi connectivity index (χ0n) is 8.45. The lowest BCUT2D eigenvalue weighted by Crippen LogP contribution is -2.44. The highest BCUT2D eigenvalue weighted by Crippen LogP contribution is 2.27. The van der Waals surface area contributed by atoms with Crippen molar-refractivity contribution in [1.29, 1.82) is 0 Å². The van der Waals surface area contributed by atoms with Gasteiger partial charge in [0.15, 0.2) is 0 Å². The average Bonchev–Trinajstić information content (AvgIpc) is 2.47. The normalized spacial score (nSPS) is 13.1. The molecule has 0 spiro atoms. The Morgan fingerprint density at radius 2 is 2.20 bits per heavy atom. The van der Waals surface area contributed by atoms with Crippen LogP contribution in [0.25, 0.3) is 0 Å². The van der Waals surface area contributed by atoms with Crippen molar-refractivity contribution in [2.45, 2.75) is 23.6 Å². The summed E-state index contributed by atoms with van der Waals surface area (Å²) < 4.78 is 26.9. The van der Waals surface area contributed by atoms with Crippen LogP contribution in [-0.4, -0.2) is 20.5 Å². The summed E-state index contributed by atoms with van der Waals surface area (Å²) in [7, 11) is -3.44. The van der Waals surface area contributed by atoms with Crippen LogP contribution in [0.1, 0.15) is 13.8 Å². The van der Waals surface area contributed by atoms with E-state index in [9.17, 15) is 8.42 Å². The molecule has 1 rings (SSSR count). The molecule has 0 bridgehead atoms. The summed E-state index contributed by atoms with van der Waals surface area (Å²) in [6, 6.07) is 1.70. The Morgan fingerprint density at radius 3 is 2.60 bits per heavy atom. The van der Waals surface area contributed by atoms with Gasteiger partial charge in [-0.3, -0.25) is 0 Å². The summed E-state index contributed by atoms with van der Waals surface area (Å²) in [6.07, 6.45) is 0. The molecule has 1 aromatic heterocycles. The third-order valence-electron chi connectivity index (χ3n) is 1.55. The third kappa shape index (κ3) is 3.84. The number of halogens is 1. The van der Waals surface area contributed by atoms with Crippen LogP contribution in [0.4, 0.5) is 0 Å². The Bertz CT molecular complexity index is 434. The van der Waals surface area contributed by atoms with Crippen LogP contribution in [0.2, 0.25) is 0 Å². The lowest BCUT2D eigenvalue weighted by atomic mass is 10.1. The number of rotatable bonds is 4. The summed E-state index contributed by atoms with van der Waals surface area (Å²) >= 11 is 4.35. The Labute approximate surface area is 102 Å². The van der Waals surface area contributed by atoms with Gasteiger partial charge in [0.1, 0.15) is 4.21 Å². The average molecular weight is 313 g/mol. The van der Waals surface area contributed by atoms with Gasteiger partial charge in [-0.1, -0.05) is 0 Å². The highest BCUT2D eigenvalue weighted by atomic mass is 79.9. The summed E-state index contributed by atoms with van der Waals surface area (Å²) in [6.45, 7) is 3.73. The van der Waals surface area contributed by atoms with Crippen molar-refractivity contribution < 1.29 is 8.42 Å². The molecule has 0 saturated carbocycles. The van der Waals surface area contributed by atoms with Crippen LogP contribution >= 0.6 is 27.3 Å². The minimum Gasteiger partial charge on any atom is -0.324 e. The molecule has 0 amide bonds. The summed E-state index contributed by atoms with van der Waals surface area (Å²) in [4.78, 5) is 0. The van der Waals surface area contributed by atoms with Crippen LogP contribution in [0, 0.1) is 0 Å². The van der Waals surface area contributed by atoms with E-state index in [1.807, 2.05) is 0 Å². The van der Waals surface area contributed by atoms with Crippen molar-refractivity contribution in [3.05, 3.63) is 15.9 Å². The second-order valence-electron chi connectivity index (χ2n) is 3.87. The van der Waals surface area contributed by atoms with Crippen LogP contribution in [-0.2, 0) is 10.0 Å². The van der Waals surface area contributed by atoms with Crippen molar-refractivity contribution in [2.24, 2.45) is 5.73 Å². The molecule has 86 valence electrons. The number of nitrogens with two attached hydrogens (primary N) is 1. The fraction of sp³-hybridized carbons (Fsp3) is 0.500. The maximum atomic E-state index is 11.8. The predicted octanol–water partition coefficient (Wildman–Crippen LogP) is 1.53. The first-order valence-corrected chi connectivity index (χ1v) is 7.39. The number of nitrogens with one attached hydrogen (secondary N) is 1. The van der Waals surface area contributed by atoms with Crippen molar-refractivity contribution in [3.8, 4) is 0 Å². The van der Waals surface area contributed by atoms with E-state index in [2.05, 4.69) is 20.7 Å².